The van der Waals surface area contributed by atoms with Gasteiger partial charge in [0.05, 0.1) is 6.54 Å². The first-order valence-electron chi connectivity index (χ1n) is 4.19. The zero-order valence-electron chi connectivity index (χ0n) is 7.76. The minimum absolute atomic E-state index is 0.0576. The number of hydrogen-bond donors (Lipinski definition) is 1. The first-order chi connectivity index (χ1) is 5.56. The van der Waals surface area contributed by atoms with E-state index in [4.69, 9.17) is 0 Å². The van der Waals surface area contributed by atoms with E-state index in [-0.39, 0.29) is 11.4 Å². The van der Waals surface area contributed by atoms with Crippen molar-refractivity contribution in [2.45, 2.75) is 19.4 Å². The van der Waals surface area contributed by atoms with Crippen LogP contribution >= 0.6 is 0 Å². The van der Waals surface area contributed by atoms with Crippen molar-refractivity contribution in [2.24, 2.45) is 0 Å². The van der Waals surface area contributed by atoms with Crippen molar-refractivity contribution in [3.8, 4) is 0 Å². The molecule has 0 aliphatic carbocycles. The molecule has 0 atom stereocenters. The normalized spacial score (nSPS) is 23.3. The predicted octanol–water partition coefficient (Wildman–Crippen LogP) is 0.383. The van der Waals surface area contributed by atoms with Gasteiger partial charge in [0.25, 0.3) is 0 Å². The smallest absolute Gasteiger partial charge is 0.234 e. The van der Waals surface area contributed by atoms with Gasteiger partial charge in [0.15, 0.2) is 0 Å². The second-order valence-corrected chi connectivity index (χ2v) is 3.76. The van der Waals surface area contributed by atoms with Crippen LogP contribution in [0.1, 0.15) is 13.8 Å². The molecular weight excluding hydrogens is 152 g/mol. The molecule has 1 aliphatic rings. The van der Waals surface area contributed by atoms with Crippen LogP contribution in [0.15, 0.2) is 12.7 Å². The summed E-state index contributed by atoms with van der Waals surface area (Å²) in [5.41, 5.74) is 0.0576. The summed E-state index contributed by atoms with van der Waals surface area (Å²) >= 11 is 0. The minimum atomic E-state index is 0.0576. The Hall–Kier alpha value is -0.830. The molecule has 1 N–H and O–H groups in total. The zero-order valence-corrected chi connectivity index (χ0v) is 7.76. The van der Waals surface area contributed by atoms with Crippen molar-refractivity contribution >= 4 is 5.91 Å². The van der Waals surface area contributed by atoms with Gasteiger partial charge >= 0.3 is 0 Å². The van der Waals surface area contributed by atoms with E-state index in [2.05, 4.69) is 30.6 Å². The number of amides is 1. The summed E-state index contributed by atoms with van der Waals surface area (Å²) in [6.07, 6.45) is 1.83. The van der Waals surface area contributed by atoms with E-state index in [1.807, 2.05) is 6.08 Å². The summed E-state index contributed by atoms with van der Waals surface area (Å²) in [6, 6.07) is 0. The molecule has 0 radical (unpaired) electrons. The highest BCUT2D eigenvalue weighted by Gasteiger charge is 2.31. The van der Waals surface area contributed by atoms with Gasteiger partial charge in [-0.25, -0.2) is 0 Å². The Balaban J connectivity index is 2.64. The average Bonchev–Trinajstić information content (AvgIpc) is 1.98. The third-order valence-electron chi connectivity index (χ3n) is 2.26. The van der Waals surface area contributed by atoms with Crippen molar-refractivity contribution in [3.05, 3.63) is 12.7 Å². The Morgan fingerprint density at radius 3 is 3.00 bits per heavy atom. The van der Waals surface area contributed by atoms with E-state index < -0.39 is 0 Å². The third kappa shape index (κ3) is 1.85. The Morgan fingerprint density at radius 2 is 2.42 bits per heavy atom. The van der Waals surface area contributed by atoms with Gasteiger partial charge < -0.3 is 5.32 Å². The highest BCUT2D eigenvalue weighted by atomic mass is 16.2. The lowest BCUT2D eigenvalue weighted by molar-refractivity contribution is -0.127. The highest BCUT2D eigenvalue weighted by Crippen LogP contribution is 2.15. The van der Waals surface area contributed by atoms with Gasteiger partial charge in [-0.2, -0.15) is 0 Å². The summed E-state index contributed by atoms with van der Waals surface area (Å²) in [7, 11) is 0. The van der Waals surface area contributed by atoms with Crippen LogP contribution in [0.5, 0.6) is 0 Å². The summed E-state index contributed by atoms with van der Waals surface area (Å²) in [5, 5.41) is 2.85. The second-order valence-electron chi connectivity index (χ2n) is 3.76. The van der Waals surface area contributed by atoms with Crippen LogP contribution in [-0.2, 0) is 4.79 Å². The van der Waals surface area contributed by atoms with Gasteiger partial charge in [0.2, 0.25) is 5.91 Å². The number of nitrogens with zero attached hydrogens (tertiary/aromatic N) is 1. The summed E-state index contributed by atoms with van der Waals surface area (Å²) < 4.78 is 0. The lowest BCUT2D eigenvalue weighted by Gasteiger charge is -2.41. The highest BCUT2D eigenvalue weighted by molar-refractivity contribution is 5.79. The van der Waals surface area contributed by atoms with Crippen LogP contribution in [0.25, 0.3) is 0 Å². The van der Waals surface area contributed by atoms with E-state index in [0.29, 0.717) is 6.54 Å². The standard InChI is InChI=1S/C9H16N2O/c1-4-5-11-6-8(12)10-7-9(11,2)3/h4H,1,5-7H2,2-3H3,(H,10,12). The molecule has 1 amide bonds. The average molecular weight is 168 g/mol. The van der Waals surface area contributed by atoms with Gasteiger partial charge in [-0.3, -0.25) is 9.69 Å². The zero-order chi connectivity index (χ0) is 9.19. The molecule has 1 aliphatic heterocycles. The largest absolute Gasteiger partial charge is 0.353 e. The summed E-state index contributed by atoms with van der Waals surface area (Å²) in [4.78, 5) is 13.2. The van der Waals surface area contributed by atoms with E-state index in [1.165, 1.54) is 0 Å². The van der Waals surface area contributed by atoms with E-state index >= 15 is 0 Å². The monoisotopic (exact) mass is 168 g/mol. The predicted molar refractivity (Wildman–Crippen MR) is 48.9 cm³/mol. The topological polar surface area (TPSA) is 32.3 Å². The molecule has 12 heavy (non-hydrogen) atoms. The lowest BCUT2D eigenvalue weighted by atomic mass is 10.0. The molecule has 0 saturated carbocycles. The fourth-order valence-corrected chi connectivity index (χ4v) is 1.34. The van der Waals surface area contributed by atoms with Crippen molar-refractivity contribution in [1.29, 1.82) is 0 Å². The van der Waals surface area contributed by atoms with Crippen molar-refractivity contribution < 1.29 is 4.79 Å². The molecule has 1 rings (SSSR count). The van der Waals surface area contributed by atoms with Crippen molar-refractivity contribution in [1.82, 2.24) is 10.2 Å². The lowest BCUT2D eigenvalue weighted by Crippen LogP contribution is -2.60. The van der Waals surface area contributed by atoms with Gasteiger partial charge in [0.1, 0.15) is 0 Å². The number of carbonyl (C=O) groups is 1. The fourth-order valence-electron chi connectivity index (χ4n) is 1.34. The molecule has 1 heterocycles. The van der Waals surface area contributed by atoms with Crippen LogP contribution in [0.2, 0.25) is 0 Å². The Labute approximate surface area is 73.4 Å². The van der Waals surface area contributed by atoms with E-state index in [0.717, 1.165) is 13.1 Å². The van der Waals surface area contributed by atoms with Crippen LogP contribution in [0.4, 0.5) is 0 Å². The van der Waals surface area contributed by atoms with Crippen LogP contribution < -0.4 is 5.32 Å². The van der Waals surface area contributed by atoms with Crippen molar-refractivity contribution in [3.63, 3.8) is 0 Å². The maximum Gasteiger partial charge on any atom is 0.234 e. The Morgan fingerprint density at radius 1 is 1.75 bits per heavy atom. The van der Waals surface area contributed by atoms with Crippen LogP contribution in [0.3, 0.4) is 0 Å². The molecule has 1 saturated heterocycles. The molecule has 68 valence electrons. The Bertz CT molecular complexity index is 199. The number of hydrogen-bond acceptors (Lipinski definition) is 2. The first kappa shape index (κ1) is 9.26. The maximum absolute atomic E-state index is 11.0. The number of nitrogens with one attached hydrogen (secondary N) is 1. The van der Waals surface area contributed by atoms with Crippen LogP contribution in [-0.4, -0.2) is 36.0 Å². The maximum atomic E-state index is 11.0. The SMILES string of the molecule is C=CCN1CC(=O)NCC1(C)C. The van der Waals surface area contributed by atoms with E-state index in [1.54, 1.807) is 0 Å². The Kier molecular flexibility index (Phi) is 2.52. The molecule has 0 bridgehead atoms. The summed E-state index contributed by atoms with van der Waals surface area (Å²) in [5.74, 6) is 0.108. The van der Waals surface area contributed by atoms with Gasteiger partial charge in [0, 0.05) is 18.6 Å². The van der Waals surface area contributed by atoms with Gasteiger partial charge in [-0.1, -0.05) is 6.08 Å². The quantitative estimate of drug-likeness (QED) is 0.605. The molecule has 3 heteroatoms. The number of piperazine rings is 1. The van der Waals surface area contributed by atoms with Gasteiger partial charge in [-0.15, -0.1) is 6.58 Å². The molecule has 0 aromatic rings. The number of rotatable bonds is 2. The fraction of sp³-hybridized carbons (Fsp3) is 0.667. The minimum Gasteiger partial charge on any atom is -0.353 e. The molecule has 3 nitrogen and oxygen atoms in total. The van der Waals surface area contributed by atoms with Gasteiger partial charge in [-0.05, 0) is 13.8 Å². The molecule has 0 aromatic heterocycles. The second kappa shape index (κ2) is 3.27. The van der Waals surface area contributed by atoms with E-state index in [9.17, 15) is 4.79 Å². The van der Waals surface area contributed by atoms with Crippen molar-refractivity contribution in [2.75, 3.05) is 19.6 Å². The molecule has 1 fully saturated rings. The van der Waals surface area contributed by atoms with Crippen LogP contribution in [0, 0.1) is 0 Å². The first-order valence-corrected chi connectivity index (χ1v) is 4.19. The molecule has 0 aromatic carbocycles. The molecule has 0 spiro atoms. The molecular formula is C9H16N2O. The number of carbonyl (C=O) groups excluding carboxylic acids is 1. The molecule has 0 unspecified atom stereocenters. The summed E-state index contributed by atoms with van der Waals surface area (Å²) in [6.45, 7) is 9.90. The third-order valence-corrected chi connectivity index (χ3v) is 2.26.